The largest absolute Gasteiger partial charge is 0.308 e. The van der Waals surface area contributed by atoms with Crippen LogP contribution >= 0.6 is 0 Å². The van der Waals surface area contributed by atoms with Gasteiger partial charge < -0.3 is 5.43 Å². The van der Waals surface area contributed by atoms with Gasteiger partial charge in [0.05, 0.1) is 4.90 Å². The highest BCUT2D eigenvalue weighted by molar-refractivity contribution is 7.89. The Morgan fingerprint density at radius 2 is 2.22 bits per heavy atom. The molecule has 1 aromatic rings. The van der Waals surface area contributed by atoms with Crippen LogP contribution in [0.4, 0.5) is 5.82 Å². The van der Waals surface area contributed by atoms with E-state index in [1.54, 1.807) is 4.31 Å². The third-order valence-electron chi connectivity index (χ3n) is 3.29. The minimum absolute atomic E-state index is 0.223. The van der Waals surface area contributed by atoms with Crippen molar-refractivity contribution < 1.29 is 8.42 Å². The fourth-order valence-electron chi connectivity index (χ4n) is 2.31. The van der Waals surface area contributed by atoms with Crippen LogP contribution in [0, 0.1) is 0 Å². The molecule has 2 heterocycles. The van der Waals surface area contributed by atoms with Crippen LogP contribution in [0.1, 0.15) is 26.7 Å². The summed E-state index contributed by atoms with van der Waals surface area (Å²) in [4.78, 5) is 4.14. The van der Waals surface area contributed by atoms with Gasteiger partial charge in [0.15, 0.2) is 0 Å². The topological polar surface area (TPSA) is 88.3 Å². The highest BCUT2D eigenvalue weighted by Gasteiger charge is 2.40. The summed E-state index contributed by atoms with van der Waals surface area (Å²) in [5.41, 5.74) is 2.02. The molecule has 1 fully saturated rings. The van der Waals surface area contributed by atoms with Crippen molar-refractivity contribution in [3.05, 3.63) is 18.3 Å². The number of nitrogens with two attached hydrogens (primary N) is 1. The number of nitrogen functional groups attached to an aromatic ring is 1. The van der Waals surface area contributed by atoms with Gasteiger partial charge in [-0.1, -0.05) is 0 Å². The van der Waals surface area contributed by atoms with E-state index < -0.39 is 10.0 Å². The first kappa shape index (κ1) is 13.3. The summed E-state index contributed by atoms with van der Waals surface area (Å²) in [6, 6.07) is 2.94. The zero-order valence-corrected chi connectivity index (χ0v) is 11.4. The maximum absolute atomic E-state index is 12.5. The van der Waals surface area contributed by atoms with Crippen LogP contribution in [0.3, 0.4) is 0 Å². The number of rotatable bonds is 3. The third-order valence-corrected chi connectivity index (χ3v) is 5.40. The maximum Gasteiger partial charge on any atom is 0.243 e. The summed E-state index contributed by atoms with van der Waals surface area (Å²) in [5.74, 6) is 5.59. The summed E-state index contributed by atoms with van der Waals surface area (Å²) < 4.78 is 26.6. The van der Waals surface area contributed by atoms with Crippen LogP contribution in [0.15, 0.2) is 23.2 Å². The zero-order chi connectivity index (χ0) is 13.4. The lowest BCUT2D eigenvalue weighted by Crippen LogP contribution is -2.42. The number of nitrogens with one attached hydrogen (secondary N) is 1. The van der Waals surface area contributed by atoms with E-state index in [9.17, 15) is 8.42 Å². The van der Waals surface area contributed by atoms with E-state index in [0.717, 1.165) is 12.8 Å². The van der Waals surface area contributed by atoms with E-state index in [0.29, 0.717) is 12.4 Å². The van der Waals surface area contributed by atoms with Gasteiger partial charge in [0, 0.05) is 24.3 Å². The monoisotopic (exact) mass is 270 g/mol. The average Bonchev–Trinajstić information content (AvgIpc) is 2.69. The Labute approximate surface area is 107 Å². The molecule has 2 rings (SSSR count). The molecule has 1 saturated heterocycles. The number of aromatic nitrogens is 1. The number of hydrazine groups is 1. The highest BCUT2D eigenvalue weighted by atomic mass is 32.2. The predicted octanol–water partition coefficient (Wildman–Crippen LogP) is 0.930. The summed E-state index contributed by atoms with van der Waals surface area (Å²) in [7, 11) is -3.48. The Hall–Kier alpha value is -1.18. The summed E-state index contributed by atoms with van der Waals surface area (Å²) in [6.07, 6.45) is 3.20. The van der Waals surface area contributed by atoms with Crippen LogP contribution in [-0.4, -0.2) is 29.8 Å². The van der Waals surface area contributed by atoms with E-state index in [2.05, 4.69) is 10.4 Å². The molecule has 18 heavy (non-hydrogen) atoms. The van der Waals surface area contributed by atoms with Gasteiger partial charge in [0.1, 0.15) is 5.82 Å². The summed E-state index contributed by atoms with van der Waals surface area (Å²) in [5, 5.41) is 0. The van der Waals surface area contributed by atoms with Crippen LogP contribution in [-0.2, 0) is 10.0 Å². The molecule has 0 unspecified atom stereocenters. The Morgan fingerprint density at radius 1 is 1.50 bits per heavy atom. The maximum atomic E-state index is 12.5. The van der Waals surface area contributed by atoms with Crippen molar-refractivity contribution >= 4 is 15.8 Å². The second-order valence-electron chi connectivity index (χ2n) is 5.01. The van der Waals surface area contributed by atoms with E-state index >= 15 is 0 Å². The van der Waals surface area contributed by atoms with Gasteiger partial charge in [0.2, 0.25) is 10.0 Å². The highest BCUT2D eigenvalue weighted by Crippen LogP contribution is 2.34. The molecule has 7 heteroatoms. The molecule has 100 valence electrons. The van der Waals surface area contributed by atoms with Gasteiger partial charge in [-0.2, -0.15) is 4.31 Å². The van der Waals surface area contributed by atoms with E-state index in [-0.39, 0.29) is 10.4 Å². The molecule has 0 amide bonds. The van der Waals surface area contributed by atoms with Crippen LogP contribution in [0.2, 0.25) is 0 Å². The molecule has 0 spiro atoms. The minimum Gasteiger partial charge on any atom is -0.308 e. The molecular formula is C11H18N4O2S. The fraction of sp³-hybridized carbons (Fsp3) is 0.545. The van der Waals surface area contributed by atoms with Crippen LogP contribution < -0.4 is 11.3 Å². The van der Waals surface area contributed by atoms with Crippen molar-refractivity contribution in [3.8, 4) is 0 Å². The average molecular weight is 270 g/mol. The molecular weight excluding hydrogens is 252 g/mol. The second kappa shape index (κ2) is 4.49. The van der Waals surface area contributed by atoms with Crippen molar-refractivity contribution in [2.45, 2.75) is 37.1 Å². The number of hydrogen-bond donors (Lipinski definition) is 2. The molecule has 1 aliphatic heterocycles. The Morgan fingerprint density at radius 3 is 2.78 bits per heavy atom. The lowest BCUT2D eigenvalue weighted by Gasteiger charge is -2.30. The number of pyridine rings is 1. The molecule has 6 nitrogen and oxygen atoms in total. The normalized spacial score (nSPS) is 19.9. The number of hydrogen-bond acceptors (Lipinski definition) is 5. The van der Waals surface area contributed by atoms with Gasteiger partial charge in [0.25, 0.3) is 0 Å². The second-order valence-corrected chi connectivity index (χ2v) is 6.88. The summed E-state index contributed by atoms with van der Waals surface area (Å²) >= 11 is 0. The van der Waals surface area contributed by atoms with Gasteiger partial charge in [-0.3, -0.25) is 0 Å². The van der Waals surface area contributed by atoms with Crippen molar-refractivity contribution in [1.29, 1.82) is 0 Å². The molecule has 0 bridgehead atoms. The fourth-order valence-corrected chi connectivity index (χ4v) is 4.17. The Balaban J connectivity index is 2.42. The lowest BCUT2D eigenvalue weighted by molar-refractivity contribution is 0.291. The SMILES string of the molecule is CC1(C)CCCN1S(=O)(=O)c1ccnc(NN)c1. The molecule has 3 N–H and O–H groups in total. The number of sulfonamides is 1. The van der Waals surface area contributed by atoms with Crippen LogP contribution in [0.25, 0.3) is 0 Å². The predicted molar refractivity (Wildman–Crippen MR) is 69.3 cm³/mol. The van der Waals surface area contributed by atoms with Gasteiger partial charge in [-0.25, -0.2) is 19.2 Å². The first-order valence-electron chi connectivity index (χ1n) is 5.83. The molecule has 0 atom stereocenters. The quantitative estimate of drug-likeness (QED) is 0.630. The van der Waals surface area contributed by atoms with E-state index in [1.165, 1.54) is 18.3 Å². The van der Waals surface area contributed by atoms with Crippen molar-refractivity contribution in [2.75, 3.05) is 12.0 Å². The van der Waals surface area contributed by atoms with Gasteiger partial charge in [-0.15, -0.1) is 0 Å². The van der Waals surface area contributed by atoms with Gasteiger partial charge >= 0.3 is 0 Å². The van der Waals surface area contributed by atoms with E-state index in [1.807, 2.05) is 13.8 Å². The molecule has 0 aliphatic carbocycles. The Bertz CT molecular complexity index is 542. The van der Waals surface area contributed by atoms with Crippen molar-refractivity contribution in [2.24, 2.45) is 5.84 Å². The zero-order valence-electron chi connectivity index (χ0n) is 10.5. The number of nitrogens with zero attached hydrogens (tertiary/aromatic N) is 2. The molecule has 0 saturated carbocycles. The van der Waals surface area contributed by atoms with Crippen molar-refractivity contribution in [1.82, 2.24) is 9.29 Å². The Kier molecular flexibility index (Phi) is 3.31. The molecule has 1 aromatic heterocycles. The first-order chi connectivity index (χ1) is 8.38. The molecule has 0 radical (unpaired) electrons. The smallest absolute Gasteiger partial charge is 0.243 e. The third kappa shape index (κ3) is 2.21. The van der Waals surface area contributed by atoms with E-state index in [4.69, 9.17) is 5.84 Å². The molecule has 1 aliphatic rings. The molecule has 0 aromatic carbocycles. The first-order valence-corrected chi connectivity index (χ1v) is 7.27. The van der Waals surface area contributed by atoms with Gasteiger partial charge in [-0.05, 0) is 32.8 Å². The van der Waals surface area contributed by atoms with Crippen molar-refractivity contribution in [3.63, 3.8) is 0 Å². The standard InChI is InChI=1S/C11H18N4O2S/c1-11(2)5-3-7-15(11)18(16,17)9-4-6-13-10(8-9)14-12/h4,6,8H,3,5,7,12H2,1-2H3,(H,13,14). The number of anilines is 1. The minimum atomic E-state index is -3.48. The lowest BCUT2D eigenvalue weighted by atomic mass is 10.0. The summed E-state index contributed by atoms with van der Waals surface area (Å²) in [6.45, 7) is 4.45. The van der Waals surface area contributed by atoms with Crippen LogP contribution in [0.5, 0.6) is 0 Å².